The van der Waals surface area contributed by atoms with E-state index >= 15 is 0 Å². The molecule has 6 nitrogen and oxygen atoms in total. The predicted molar refractivity (Wildman–Crippen MR) is 123 cm³/mol. The molecule has 1 N–H and O–H groups in total. The summed E-state index contributed by atoms with van der Waals surface area (Å²) >= 11 is 0. The molecule has 0 spiro atoms. The third kappa shape index (κ3) is 3.77. The van der Waals surface area contributed by atoms with Crippen molar-refractivity contribution < 1.29 is 9.00 Å². The lowest BCUT2D eigenvalue weighted by Gasteiger charge is -2.21. The molecule has 30 heavy (non-hydrogen) atoms. The zero-order valence-corrected chi connectivity index (χ0v) is 18.2. The molecule has 1 saturated carbocycles. The van der Waals surface area contributed by atoms with E-state index in [-0.39, 0.29) is 11.5 Å². The minimum absolute atomic E-state index is 0.0247. The van der Waals surface area contributed by atoms with E-state index in [1.54, 1.807) is 46.8 Å². The lowest BCUT2D eigenvalue weighted by molar-refractivity contribution is 0.0994. The van der Waals surface area contributed by atoms with Gasteiger partial charge >= 0.3 is 0 Å². The smallest absolute Gasteiger partial charge is 0.260 e. The molecule has 1 aliphatic rings. The number of rotatable bonds is 6. The van der Waals surface area contributed by atoms with Crippen LogP contribution in [0.5, 0.6) is 0 Å². The van der Waals surface area contributed by atoms with Crippen LogP contribution < -0.4 is 15.2 Å². The van der Waals surface area contributed by atoms with Crippen LogP contribution in [0.4, 0.5) is 11.4 Å². The number of pyridine rings is 1. The van der Waals surface area contributed by atoms with E-state index in [1.807, 2.05) is 25.1 Å². The summed E-state index contributed by atoms with van der Waals surface area (Å²) in [5, 5.41) is 1.03. The zero-order chi connectivity index (χ0) is 21.4. The van der Waals surface area contributed by atoms with Crippen molar-refractivity contribution in [3.8, 4) is 0 Å². The number of amides is 1. The number of carbonyl (C=O) groups is 1. The summed E-state index contributed by atoms with van der Waals surface area (Å²) in [5.74, 6) is 0.229. The Hall–Kier alpha value is -2.93. The van der Waals surface area contributed by atoms with Crippen molar-refractivity contribution in [2.45, 2.75) is 32.2 Å². The summed E-state index contributed by atoms with van der Waals surface area (Å²) in [6.07, 6.45) is 3.72. The van der Waals surface area contributed by atoms with Gasteiger partial charge in [0.2, 0.25) is 0 Å². The molecule has 1 atom stereocenters. The number of aryl methyl sites for hydroxylation is 1. The lowest BCUT2D eigenvalue weighted by atomic mass is 10.0. The fourth-order valence-corrected chi connectivity index (χ4v) is 4.36. The van der Waals surface area contributed by atoms with Gasteiger partial charge in [0, 0.05) is 37.0 Å². The Labute approximate surface area is 178 Å². The molecule has 1 heterocycles. The van der Waals surface area contributed by atoms with Gasteiger partial charge < -0.3 is 14.2 Å². The van der Waals surface area contributed by atoms with Crippen LogP contribution in [0.25, 0.3) is 10.9 Å². The van der Waals surface area contributed by atoms with Crippen LogP contribution in [0.1, 0.15) is 41.6 Å². The van der Waals surface area contributed by atoms with Gasteiger partial charge in [-0.05, 0) is 61.6 Å². The SMILES string of the molecule is CCn1c(=O)cc(C2CC2)c2cc(N(C)C(=O)c3ccccc3NS(C)=O)ccc21. The minimum Gasteiger partial charge on any atom is -0.311 e. The third-order valence-electron chi connectivity index (χ3n) is 5.56. The normalized spacial score (nSPS) is 14.5. The highest BCUT2D eigenvalue weighted by Crippen LogP contribution is 2.43. The van der Waals surface area contributed by atoms with Crippen LogP contribution in [0.15, 0.2) is 53.3 Å². The fourth-order valence-electron chi connectivity index (χ4n) is 3.88. The number of nitrogens with one attached hydrogen (secondary N) is 1. The minimum atomic E-state index is -1.28. The number of aromatic nitrogens is 1. The quantitative estimate of drug-likeness (QED) is 0.654. The number of carbonyl (C=O) groups excluding carboxylic acids is 1. The summed E-state index contributed by atoms with van der Waals surface area (Å²) in [7, 11) is 0.452. The molecule has 2 aromatic carbocycles. The van der Waals surface area contributed by atoms with E-state index in [1.165, 1.54) is 6.26 Å². The van der Waals surface area contributed by atoms with E-state index in [9.17, 15) is 13.8 Å². The third-order valence-corrected chi connectivity index (χ3v) is 6.07. The molecule has 156 valence electrons. The van der Waals surface area contributed by atoms with Crippen LogP contribution in [0, 0.1) is 0 Å². The summed E-state index contributed by atoms with van der Waals surface area (Å²) in [6, 6.07) is 14.6. The maximum absolute atomic E-state index is 13.2. The Morgan fingerprint density at radius 2 is 1.93 bits per heavy atom. The first-order valence-electron chi connectivity index (χ1n) is 10.1. The van der Waals surface area contributed by atoms with Crippen molar-refractivity contribution in [3.05, 3.63) is 70.0 Å². The van der Waals surface area contributed by atoms with E-state index < -0.39 is 11.0 Å². The average molecular weight is 424 g/mol. The van der Waals surface area contributed by atoms with E-state index in [0.717, 1.165) is 35.0 Å². The maximum atomic E-state index is 13.2. The molecule has 4 rings (SSSR count). The van der Waals surface area contributed by atoms with Gasteiger partial charge in [-0.2, -0.15) is 0 Å². The Bertz CT molecular complexity index is 1210. The highest BCUT2D eigenvalue weighted by molar-refractivity contribution is 7.85. The second-order valence-corrected chi connectivity index (χ2v) is 8.74. The van der Waals surface area contributed by atoms with Gasteiger partial charge in [0.1, 0.15) is 11.0 Å². The van der Waals surface area contributed by atoms with Gasteiger partial charge in [0.25, 0.3) is 11.5 Å². The molecule has 1 amide bonds. The molecule has 1 unspecified atom stereocenters. The Morgan fingerprint density at radius 3 is 2.60 bits per heavy atom. The Balaban J connectivity index is 1.77. The van der Waals surface area contributed by atoms with Crippen molar-refractivity contribution in [1.82, 2.24) is 4.57 Å². The second-order valence-electron chi connectivity index (χ2n) is 7.62. The number of fused-ring (bicyclic) bond motifs is 1. The number of hydrogen-bond donors (Lipinski definition) is 1. The van der Waals surface area contributed by atoms with E-state index in [4.69, 9.17) is 0 Å². The number of anilines is 2. The molecule has 1 aliphatic carbocycles. The van der Waals surface area contributed by atoms with Gasteiger partial charge in [-0.15, -0.1) is 0 Å². The van der Waals surface area contributed by atoms with Gasteiger partial charge in [-0.25, -0.2) is 4.21 Å². The molecule has 0 radical (unpaired) electrons. The lowest BCUT2D eigenvalue weighted by Crippen LogP contribution is -2.27. The largest absolute Gasteiger partial charge is 0.311 e. The fraction of sp³-hybridized carbons (Fsp3) is 0.304. The predicted octanol–water partition coefficient (Wildman–Crippen LogP) is 3.88. The first-order valence-corrected chi connectivity index (χ1v) is 11.6. The topological polar surface area (TPSA) is 71.4 Å². The van der Waals surface area contributed by atoms with Crippen molar-refractivity contribution in [2.24, 2.45) is 0 Å². The number of para-hydroxylation sites is 1. The van der Waals surface area contributed by atoms with Crippen LogP contribution >= 0.6 is 0 Å². The maximum Gasteiger partial charge on any atom is 0.260 e. The molecule has 0 saturated heterocycles. The second kappa shape index (κ2) is 8.07. The van der Waals surface area contributed by atoms with E-state index in [2.05, 4.69) is 4.72 Å². The molecule has 7 heteroatoms. The highest BCUT2D eigenvalue weighted by atomic mass is 32.2. The van der Waals surface area contributed by atoms with Crippen molar-refractivity contribution in [1.29, 1.82) is 0 Å². The number of benzene rings is 2. The molecule has 3 aromatic rings. The summed E-state index contributed by atoms with van der Waals surface area (Å²) < 4.78 is 16.2. The van der Waals surface area contributed by atoms with Crippen molar-refractivity contribution in [2.75, 3.05) is 22.9 Å². The van der Waals surface area contributed by atoms with Gasteiger partial charge in [-0.3, -0.25) is 9.59 Å². The van der Waals surface area contributed by atoms with E-state index in [0.29, 0.717) is 23.7 Å². The molecule has 1 fully saturated rings. The van der Waals surface area contributed by atoms with Crippen molar-refractivity contribution >= 4 is 39.2 Å². The Morgan fingerprint density at radius 1 is 1.20 bits per heavy atom. The first kappa shape index (κ1) is 20.3. The summed E-state index contributed by atoms with van der Waals surface area (Å²) in [5.41, 5.74) is 3.75. The van der Waals surface area contributed by atoms with Crippen LogP contribution in [-0.2, 0) is 17.5 Å². The molecule has 1 aromatic heterocycles. The molecule has 0 bridgehead atoms. The first-order chi connectivity index (χ1) is 14.4. The Kier molecular flexibility index (Phi) is 5.47. The molecular formula is C23H25N3O3S. The van der Waals surface area contributed by atoms with Crippen LogP contribution in [0.3, 0.4) is 0 Å². The summed E-state index contributed by atoms with van der Waals surface area (Å²) in [4.78, 5) is 27.3. The summed E-state index contributed by atoms with van der Waals surface area (Å²) in [6.45, 7) is 2.56. The van der Waals surface area contributed by atoms with Crippen LogP contribution in [-0.4, -0.2) is 28.0 Å². The zero-order valence-electron chi connectivity index (χ0n) is 17.3. The monoisotopic (exact) mass is 423 g/mol. The van der Waals surface area contributed by atoms with Crippen molar-refractivity contribution in [3.63, 3.8) is 0 Å². The number of nitrogens with zero attached hydrogens (tertiary/aromatic N) is 2. The standard InChI is InChI=1S/C23H25N3O3S/c1-4-26-21-12-11-16(13-19(21)18(14-22(26)27)15-9-10-15)25(2)23(28)17-7-5-6-8-20(17)24-30(3)29/h5-8,11-15,24H,4,9-10H2,1-3H3. The van der Waals surface area contributed by atoms with Crippen LogP contribution in [0.2, 0.25) is 0 Å². The van der Waals surface area contributed by atoms with Gasteiger partial charge in [0.05, 0.1) is 16.8 Å². The van der Waals surface area contributed by atoms with Gasteiger partial charge in [0.15, 0.2) is 0 Å². The molecule has 0 aliphatic heterocycles. The van der Waals surface area contributed by atoms with Gasteiger partial charge in [-0.1, -0.05) is 12.1 Å². The highest BCUT2D eigenvalue weighted by Gasteiger charge is 2.27. The number of hydrogen-bond acceptors (Lipinski definition) is 3. The average Bonchev–Trinajstić information content (AvgIpc) is 3.57. The molecular weight excluding hydrogens is 398 g/mol.